The van der Waals surface area contributed by atoms with Gasteiger partial charge >= 0.3 is 0 Å². The van der Waals surface area contributed by atoms with Gasteiger partial charge in [0.2, 0.25) is 0 Å². The second kappa shape index (κ2) is 6.48. The fraction of sp³-hybridized carbons (Fsp3) is 0.176. The van der Waals surface area contributed by atoms with E-state index < -0.39 is 0 Å². The van der Waals surface area contributed by atoms with Crippen molar-refractivity contribution >= 4 is 16.9 Å². The normalized spacial score (nSPS) is 10.7. The third-order valence-corrected chi connectivity index (χ3v) is 3.49. The van der Waals surface area contributed by atoms with Crippen molar-refractivity contribution in [2.24, 2.45) is 0 Å². The number of rotatable bonds is 5. The Morgan fingerprint density at radius 2 is 2.04 bits per heavy atom. The predicted molar refractivity (Wildman–Crippen MR) is 85.1 cm³/mol. The van der Waals surface area contributed by atoms with Crippen molar-refractivity contribution in [1.82, 2.24) is 15.3 Å². The summed E-state index contributed by atoms with van der Waals surface area (Å²) in [5, 5.41) is 2.83. The molecule has 0 saturated heterocycles. The molecule has 0 spiro atoms. The number of nitrogens with zero attached hydrogens (tertiary/aromatic N) is 1. The number of H-pyrrole nitrogens is 1. The van der Waals surface area contributed by atoms with Crippen LogP contribution in [0.15, 0.2) is 42.5 Å². The molecular formula is C17H16FN3O2. The summed E-state index contributed by atoms with van der Waals surface area (Å²) in [5.41, 5.74) is 1.93. The van der Waals surface area contributed by atoms with Gasteiger partial charge in [-0.15, -0.1) is 0 Å². The van der Waals surface area contributed by atoms with Crippen LogP contribution < -0.4 is 10.1 Å². The smallest absolute Gasteiger partial charge is 0.251 e. The summed E-state index contributed by atoms with van der Waals surface area (Å²) >= 11 is 0. The maximum Gasteiger partial charge on any atom is 0.251 e. The first kappa shape index (κ1) is 15.0. The van der Waals surface area contributed by atoms with E-state index in [0.29, 0.717) is 41.1 Å². The summed E-state index contributed by atoms with van der Waals surface area (Å²) in [6, 6.07) is 11.3. The van der Waals surface area contributed by atoms with E-state index >= 15 is 0 Å². The molecule has 1 aromatic heterocycles. The molecule has 2 aromatic carbocycles. The third kappa shape index (κ3) is 3.48. The molecule has 0 fully saturated rings. The van der Waals surface area contributed by atoms with Gasteiger partial charge in [0.25, 0.3) is 5.91 Å². The van der Waals surface area contributed by atoms with Gasteiger partial charge in [-0.25, -0.2) is 9.37 Å². The Morgan fingerprint density at radius 1 is 1.26 bits per heavy atom. The first-order chi connectivity index (χ1) is 11.2. The van der Waals surface area contributed by atoms with Crippen molar-refractivity contribution in [3.63, 3.8) is 0 Å². The second-order valence-electron chi connectivity index (χ2n) is 5.08. The van der Waals surface area contributed by atoms with Crippen molar-refractivity contribution in [2.45, 2.75) is 6.42 Å². The van der Waals surface area contributed by atoms with Crippen LogP contribution in [0, 0.1) is 5.82 Å². The van der Waals surface area contributed by atoms with Crippen LogP contribution in [-0.2, 0) is 6.42 Å². The van der Waals surface area contributed by atoms with Gasteiger partial charge in [0.1, 0.15) is 17.4 Å². The van der Waals surface area contributed by atoms with Gasteiger partial charge in [-0.05, 0) is 42.5 Å². The van der Waals surface area contributed by atoms with Gasteiger partial charge in [0, 0.05) is 18.5 Å². The number of aromatic amines is 1. The van der Waals surface area contributed by atoms with Crippen molar-refractivity contribution in [3.8, 4) is 5.75 Å². The van der Waals surface area contributed by atoms with Crippen molar-refractivity contribution in [3.05, 3.63) is 59.7 Å². The van der Waals surface area contributed by atoms with Gasteiger partial charge in [-0.2, -0.15) is 0 Å². The Hall–Kier alpha value is -2.89. The third-order valence-electron chi connectivity index (χ3n) is 3.49. The fourth-order valence-electron chi connectivity index (χ4n) is 2.29. The molecule has 1 amide bonds. The molecule has 2 N–H and O–H groups in total. The summed E-state index contributed by atoms with van der Waals surface area (Å²) in [7, 11) is 1.58. The number of hydrogen-bond donors (Lipinski definition) is 2. The van der Waals surface area contributed by atoms with Crippen LogP contribution in [0.1, 0.15) is 16.2 Å². The lowest BCUT2D eigenvalue weighted by Crippen LogP contribution is -2.25. The number of halogens is 1. The van der Waals surface area contributed by atoms with Crippen molar-refractivity contribution < 1.29 is 13.9 Å². The number of carbonyl (C=O) groups is 1. The molecule has 0 bridgehead atoms. The zero-order chi connectivity index (χ0) is 16.2. The lowest BCUT2D eigenvalue weighted by molar-refractivity contribution is 0.0954. The largest absolute Gasteiger partial charge is 0.497 e. The number of ether oxygens (including phenoxy) is 1. The molecule has 3 aromatic rings. The second-order valence-corrected chi connectivity index (χ2v) is 5.08. The summed E-state index contributed by atoms with van der Waals surface area (Å²) in [4.78, 5) is 19.4. The molecule has 0 aliphatic rings. The molecule has 3 rings (SSSR count). The fourth-order valence-corrected chi connectivity index (χ4v) is 2.29. The van der Waals surface area contributed by atoms with Gasteiger partial charge in [-0.1, -0.05) is 0 Å². The van der Waals surface area contributed by atoms with Gasteiger partial charge in [0.05, 0.1) is 18.1 Å². The molecule has 0 atom stereocenters. The number of methoxy groups -OCH3 is 1. The first-order valence-corrected chi connectivity index (χ1v) is 7.22. The quantitative estimate of drug-likeness (QED) is 0.761. The number of aromatic nitrogens is 2. The molecule has 0 aliphatic carbocycles. The van der Waals surface area contributed by atoms with Gasteiger partial charge in [0.15, 0.2) is 0 Å². The zero-order valence-electron chi connectivity index (χ0n) is 12.6. The highest BCUT2D eigenvalue weighted by atomic mass is 19.1. The van der Waals surface area contributed by atoms with Crippen LogP contribution in [0.25, 0.3) is 11.0 Å². The van der Waals surface area contributed by atoms with Crippen LogP contribution in [0.3, 0.4) is 0 Å². The topological polar surface area (TPSA) is 67.0 Å². The minimum Gasteiger partial charge on any atom is -0.497 e. The Labute approximate surface area is 132 Å². The van der Waals surface area contributed by atoms with E-state index in [9.17, 15) is 9.18 Å². The standard InChI is InChI=1S/C17H16FN3O2/c1-23-13-5-2-11(3-6-13)17(22)19-9-8-16-20-14-7-4-12(18)10-15(14)21-16/h2-7,10H,8-9H2,1H3,(H,19,22)(H,20,21). The number of benzene rings is 2. The number of nitrogens with one attached hydrogen (secondary N) is 2. The average molecular weight is 313 g/mol. The molecule has 5 nitrogen and oxygen atoms in total. The maximum absolute atomic E-state index is 13.1. The molecule has 118 valence electrons. The summed E-state index contributed by atoms with van der Waals surface area (Å²) in [6.07, 6.45) is 0.540. The van der Waals surface area contributed by atoms with E-state index in [2.05, 4.69) is 15.3 Å². The predicted octanol–water partition coefficient (Wildman–Crippen LogP) is 2.68. The molecular weight excluding hydrogens is 297 g/mol. The zero-order valence-corrected chi connectivity index (χ0v) is 12.6. The first-order valence-electron chi connectivity index (χ1n) is 7.22. The molecule has 1 heterocycles. The Balaban J connectivity index is 1.58. The number of carbonyl (C=O) groups excluding carboxylic acids is 1. The Kier molecular flexibility index (Phi) is 4.23. The van der Waals surface area contributed by atoms with Gasteiger partial charge in [-0.3, -0.25) is 4.79 Å². The highest BCUT2D eigenvalue weighted by Gasteiger charge is 2.07. The van der Waals surface area contributed by atoms with E-state index in [4.69, 9.17) is 4.74 Å². The monoisotopic (exact) mass is 313 g/mol. The number of hydrogen-bond acceptors (Lipinski definition) is 3. The highest BCUT2D eigenvalue weighted by molar-refractivity contribution is 5.94. The van der Waals surface area contributed by atoms with Crippen LogP contribution in [0.5, 0.6) is 5.75 Å². The molecule has 0 radical (unpaired) electrons. The van der Waals surface area contributed by atoms with E-state index in [1.807, 2.05) is 0 Å². The lowest BCUT2D eigenvalue weighted by atomic mass is 10.2. The highest BCUT2D eigenvalue weighted by Crippen LogP contribution is 2.13. The minimum absolute atomic E-state index is 0.158. The summed E-state index contributed by atoms with van der Waals surface area (Å²) < 4.78 is 18.2. The Bertz CT molecular complexity index is 827. The summed E-state index contributed by atoms with van der Waals surface area (Å²) in [6.45, 7) is 0.438. The van der Waals surface area contributed by atoms with Crippen LogP contribution in [0.4, 0.5) is 4.39 Å². The van der Waals surface area contributed by atoms with Crippen molar-refractivity contribution in [2.75, 3.05) is 13.7 Å². The van der Waals surface area contributed by atoms with Crippen LogP contribution >= 0.6 is 0 Å². The molecule has 23 heavy (non-hydrogen) atoms. The van der Waals surface area contributed by atoms with E-state index in [1.165, 1.54) is 12.1 Å². The minimum atomic E-state index is -0.305. The van der Waals surface area contributed by atoms with E-state index in [1.54, 1.807) is 37.4 Å². The number of fused-ring (bicyclic) bond motifs is 1. The Morgan fingerprint density at radius 3 is 2.78 bits per heavy atom. The molecule has 6 heteroatoms. The summed E-state index contributed by atoms with van der Waals surface area (Å²) in [5.74, 6) is 0.951. The molecule has 0 saturated carbocycles. The van der Waals surface area contributed by atoms with E-state index in [-0.39, 0.29) is 11.7 Å². The molecule has 0 unspecified atom stereocenters. The van der Waals surface area contributed by atoms with Crippen molar-refractivity contribution in [1.29, 1.82) is 0 Å². The van der Waals surface area contributed by atoms with E-state index in [0.717, 1.165) is 0 Å². The van der Waals surface area contributed by atoms with Crippen LogP contribution in [0.2, 0.25) is 0 Å². The SMILES string of the molecule is COc1ccc(C(=O)NCCc2nc3ccc(F)cc3[nH]2)cc1. The average Bonchev–Trinajstić information content (AvgIpc) is 2.96. The number of imidazole rings is 1. The lowest BCUT2D eigenvalue weighted by Gasteiger charge is -2.05. The van der Waals surface area contributed by atoms with Gasteiger partial charge < -0.3 is 15.0 Å². The molecule has 0 aliphatic heterocycles. The maximum atomic E-state index is 13.1. The van der Waals surface area contributed by atoms with Crippen LogP contribution in [-0.4, -0.2) is 29.5 Å². The number of amides is 1.